The molecule has 0 bridgehead atoms. The van der Waals surface area contributed by atoms with Crippen molar-refractivity contribution in [3.8, 4) is 67.0 Å². The van der Waals surface area contributed by atoms with E-state index >= 15 is 0 Å². The van der Waals surface area contributed by atoms with Gasteiger partial charge in [-0.3, -0.25) is 0 Å². The lowest BCUT2D eigenvalue weighted by Crippen LogP contribution is -2.00. The highest BCUT2D eigenvalue weighted by Gasteiger charge is 2.29. The second-order valence-electron chi connectivity index (χ2n) is 16.0. The van der Waals surface area contributed by atoms with Crippen molar-refractivity contribution in [1.82, 2.24) is 9.13 Å². The number of fused-ring (bicyclic) bond motifs is 6. The molecular weight excluding hydrogens is 749 g/mol. The van der Waals surface area contributed by atoms with Gasteiger partial charge in [0.15, 0.2) is 0 Å². The molecule has 10 aromatic carbocycles. The van der Waals surface area contributed by atoms with Crippen LogP contribution in [0.5, 0.6) is 0 Å². The fraction of sp³-hybridized carbons (Fsp3) is 0. The Morgan fingerprint density at radius 2 is 0.645 bits per heavy atom. The van der Waals surface area contributed by atoms with E-state index in [0.29, 0.717) is 0 Å². The lowest BCUT2D eigenvalue weighted by molar-refractivity contribution is 1.18. The van der Waals surface area contributed by atoms with Crippen LogP contribution in [-0.4, -0.2) is 9.13 Å². The van der Waals surface area contributed by atoms with Crippen molar-refractivity contribution >= 4 is 43.6 Å². The molecule has 2 nitrogen and oxygen atoms in total. The first kappa shape index (κ1) is 35.7. The molecule has 0 aliphatic heterocycles. The lowest BCUT2D eigenvalue weighted by Gasteiger charge is -2.24. The highest BCUT2D eigenvalue weighted by molar-refractivity contribution is 6.27. The van der Waals surface area contributed by atoms with Crippen LogP contribution in [0.2, 0.25) is 0 Å². The zero-order chi connectivity index (χ0) is 41.0. The van der Waals surface area contributed by atoms with Crippen LogP contribution >= 0.6 is 0 Å². The molecule has 0 fully saturated rings. The molecule has 12 rings (SSSR count). The average Bonchev–Trinajstić information content (AvgIpc) is 3.87. The Kier molecular flexibility index (Phi) is 8.53. The zero-order valence-corrected chi connectivity index (χ0v) is 34.0. The van der Waals surface area contributed by atoms with E-state index in [1.54, 1.807) is 0 Å². The van der Waals surface area contributed by atoms with E-state index in [2.05, 4.69) is 252 Å². The minimum absolute atomic E-state index is 1.12. The second kappa shape index (κ2) is 14.8. The predicted octanol–water partition coefficient (Wildman–Crippen LogP) is 16.2. The van der Waals surface area contributed by atoms with Crippen molar-refractivity contribution < 1.29 is 0 Å². The zero-order valence-electron chi connectivity index (χ0n) is 34.0. The van der Waals surface area contributed by atoms with E-state index in [4.69, 9.17) is 0 Å². The number of nitrogens with zero attached hydrogens (tertiary/aromatic N) is 2. The quantitative estimate of drug-likeness (QED) is 0.152. The maximum Gasteiger partial charge on any atom is 0.0632 e. The summed E-state index contributed by atoms with van der Waals surface area (Å²) >= 11 is 0. The average molecular weight is 789 g/mol. The van der Waals surface area contributed by atoms with Crippen molar-refractivity contribution in [2.75, 3.05) is 0 Å². The van der Waals surface area contributed by atoms with Gasteiger partial charge in [-0.05, 0) is 87.5 Å². The van der Waals surface area contributed by atoms with E-state index in [1.807, 2.05) is 0 Å². The van der Waals surface area contributed by atoms with Crippen LogP contribution < -0.4 is 0 Å². The molecule has 0 saturated heterocycles. The van der Waals surface area contributed by atoms with Gasteiger partial charge in [-0.15, -0.1) is 0 Å². The van der Waals surface area contributed by atoms with E-state index in [-0.39, 0.29) is 0 Å². The summed E-state index contributed by atoms with van der Waals surface area (Å²) in [6.07, 6.45) is 0. The molecule has 0 aliphatic rings. The van der Waals surface area contributed by atoms with E-state index in [9.17, 15) is 0 Å². The van der Waals surface area contributed by atoms with Crippen molar-refractivity contribution in [3.63, 3.8) is 0 Å². The van der Waals surface area contributed by atoms with Gasteiger partial charge in [0.25, 0.3) is 0 Å². The van der Waals surface area contributed by atoms with Gasteiger partial charge in [-0.2, -0.15) is 0 Å². The Bertz CT molecular complexity index is 3570. The molecule has 0 amide bonds. The van der Waals surface area contributed by atoms with E-state index < -0.39 is 0 Å². The van der Waals surface area contributed by atoms with Crippen LogP contribution in [0.3, 0.4) is 0 Å². The minimum Gasteiger partial charge on any atom is -0.309 e. The van der Waals surface area contributed by atoms with Gasteiger partial charge in [0.1, 0.15) is 0 Å². The summed E-state index contributed by atoms with van der Waals surface area (Å²) in [5, 5.41) is 4.93. The SMILES string of the molecule is c1ccc(-c2c(-c3ccccc3)c(-c3ccccc3)c3c(c2-c2ccccc2)c2ccc(-c4ccc5c(c4)c4ccccc4n5-c4ccccc4)cc2n3-c2ccccc2)cc1. The molecule has 12 aromatic rings. The smallest absolute Gasteiger partial charge is 0.0632 e. The van der Waals surface area contributed by atoms with Crippen molar-refractivity contribution in [1.29, 1.82) is 0 Å². The molecule has 62 heavy (non-hydrogen) atoms. The molecule has 0 aliphatic carbocycles. The predicted molar refractivity (Wildman–Crippen MR) is 262 cm³/mol. The summed E-state index contributed by atoms with van der Waals surface area (Å²) in [7, 11) is 0. The second-order valence-corrected chi connectivity index (χ2v) is 16.0. The van der Waals surface area contributed by atoms with Crippen LogP contribution in [0.4, 0.5) is 0 Å². The molecule has 0 radical (unpaired) electrons. The molecule has 0 unspecified atom stereocenters. The monoisotopic (exact) mass is 788 g/mol. The summed E-state index contributed by atoms with van der Waals surface area (Å²) in [6.45, 7) is 0. The normalized spacial score (nSPS) is 11.5. The molecule has 2 aromatic heterocycles. The summed E-state index contributed by atoms with van der Waals surface area (Å²) in [4.78, 5) is 0. The number of benzene rings is 10. The first-order chi connectivity index (χ1) is 30.8. The number of aromatic nitrogens is 2. The molecular formula is C60H40N2. The third-order valence-corrected chi connectivity index (χ3v) is 12.5. The van der Waals surface area contributed by atoms with Gasteiger partial charge in [-0.25, -0.2) is 0 Å². The number of para-hydroxylation sites is 3. The van der Waals surface area contributed by atoms with Crippen LogP contribution in [0.15, 0.2) is 243 Å². The number of hydrogen-bond donors (Lipinski definition) is 0. The molecule has 0 N–H and O–H groups in total. The topological polar surface area (TPSA) is 9.86 Å². The minimum atomic E-state index is 1.12. The maximum atomic E-state index is 2.53. The van der Waals surface area contributed by atoms with Crippen LogP contribution in [-0.2, 0) is 0 Å². The van der Waals surface area contributed by atoms with Gasteiger partial charge in [0, 0.05) is 49.6 Å². The van der Waals surface area contributed by atoms with Gasteiger partial charge >= 0.3 is 0 Å². The van der Waals surface area contributed by atoms with Gasteiger partial charge < -0.3 is 9.13 Å². The van der Waals surface area contributed by atoms with Gasteiger partial charge in [-0.1, -0.05) is 194 Å². The maximum absolute atomic E-state index is 2.53. The molecule has 0 saturated carbocycles. The van der Waals surface area contributed by atoms with Crippen LogP contribution in [0.25, 0.3) is 111 Å². The Morgan fingerprint density at radius 1 is 0.226 bits per heavy atom. The fourth-order valence-electron chi connectivity index (χ4n) is 9.87. The first-order valence-corrected chi connectivity index (χ1v) is 21.4. The Hall–Kier alpha value is -8.20. The third-order valence-electron chi connectivity index (χ3n) is 12.5. The Labute approximate surface area is 360 Å². The number of hydrogen-bond acceptors (Lipinski definition) is 0. The molecule has 2 heterocycles. The third kappa shape index (κ3) is 5.73. The number of rotatable bonds is 7. The molecule has 2 heteroatoms. The van der Waals surface area contributed by atoms with E-state index in [1.165, 1.54) is 93.7 Å². The molecule has 290 valence electrons. The summed E-state index contributed by atoms with van der Waals surface area (Å²) in [6, 6.07) is 88.5. The first-order valence-electron chi connectivity index (χ1n) is 21.4. The Balaban J connectivity index is 1.25. The highest BCUT2D eigenvalue weighted by atomic mass is 15.0. The summed E-state index contributed by atoms with van der Waals surface area (Å²) in [5.74, 6) is 0. The highest BCUT2D eigenvalue weighted by Crippen LogP contribution is 2.54. The van der Waals surface area contributed by atoms with E-state index in [0.717, 1.165) is 16.9 Å². The summed E-state index contributed by atoms with van der Waals surface area (Å²) < 4.78 is 4.92. The van der Waals surface area contributed by atoms with Gasteiger partial charge in [0.05, 0.1) is 22.1 Å². The molecule has 0 spiro atoms. The summed E-state index contributed by atoms with van der Waals surface area (Å²) in [5.41, 5.74) is 19.0. The van der Waals surface area contributed by atoms with Crippen LogP contribution in [0, 0.1) is 0 Å². The van der Waals surface area contributed by atoms with Crippen molar-refractivity contribution in [3.05, 3.63) is 243 Å². The fourth-order valence-corrected chi connectivity index (χ4v) is 9.87. The largest absolute Gasteiger partial charge is 0.309 e. The molecule has 0 atom stereocenters. The van der Waals surface area contributed by atoms with Crippen molar-refractivity contribution in [2.24, 2.45) is 0 Å². The standard InChI is InChI=1S/C60H40N2/c1-7-21-41(22-8-1)55-56(42-23-9-2-10-24-42)58(44-27-13-4-14-28-44)60-59(57(55)43-25-11-3-12-26-43)50-37-35-46(40-54(50)62(60)48-31-17-6-18-32-48)45-36-38-53-51(39-45)49-33-19-20-34-52(49)61(53)47-29-15-5-16-30-47/h1-40H. The Morgan fingerprint density at radius 3 is 1.23 bits per heavy atom. The van der Waals surface area contributed by atoms with Gasteiger partial charge in [0.2, 0.25) is 0 Å². The lowest BCUT2D eigenvalue weighted by atomic mass is 9.80. The van der Waals surface area contributed by atoms with Crippen LogP contribution in [0.1, 0.15) is 0 Å². The van der Waals surface area contributed by atoms with Crippen molar-refractivity contribution in [2.45, 2.75) is 0 Å².